The van der Waals surface area contributed by atoms with Gasteiger partial charge in [0.2, 0.25) is 5.91 Å². The van der Waals surface area contributed by atoms with Crippen LogP contribution in [0.1, 0.15) is 30.9 Å². The van der Waals surface area contributed by atoms with E-state index in [1.807, 2.05) is 50.2 Å². The van der Waals surface area contributed by atoms with Gasteiger partial charge in [-0.15, -0.1) is 0 Å². The number of nitrogens with one attached hydrogen (secondary N) is 1. The molecule has 0 fully saturated rings. The first-order valence-corrected chi connectivity index (χ1v) is 9.15. The maximum absolute atomic E-state index is 13.0. The Labute approximate surface area is 166 Å². The number of carbonyl (C=O) groups excluding carboxylic acids is 1. The molecule has 0 heterocycles. The second-order valence-corrected chi connectivity index (χ2v) is 6.74. The molecule has 6 nitrogen and oxygen atoms in total. The number of amides is 1. The highest BCUT2D eigenvalue weighted by Crippen LogP contribution is 2.33. The molecule has 1 unspecified atom stereocenters. The first-order chi connectivity index (χ1) is 13.4. The number of rotatable bonds is 9. The number of benzene rings is 2. The Kier molecular flexibility index (Phi) is 7.55. The summed E-state index contributed by atoms with van der Waals surface area (Å²) in [6, 6.07) is 11.2. The van der Waals surface area contributed by atoms with Crippen molar-refractivity contribution in [3.05, 3.63) is 47.5 Å². The molecule has 0 radical (unpaired) electrons. The van der Waals surface area contributed by atoms with Gasteiger partial charge in [-0.1, -0.05) is 26.0 Å². The molecule has 152 valence electrons. The molecule has 6 heteroatoms. The monoisotopic (exact) mass is 387 g/mol. The van der Waals surface area contributed by atoms with Gasteiger partial charge in [-0.25, -0.2) is 0 Å². The van der Waals surface area contributed by atoms with Gasteiger partial charge in [0.15, 0.2) is 23.0 Å². The third-order valence-corrected chi connectivity index (χ3v) is 4.63. The minimum absolute atomic E-state index is 0.0444. The summed E-state index contributed by atoms with van der Waals surface area (Å²) in [5.41, 5.74) is 1.82. The summed E-state index contributed by atoms with van der Waals surface area (Å²) in [4.78, 5) is 13.0. The summed E-state index contributed by atoms with van der Waals surface area (Å²) >= 11 is 0. The molecular weight excluding hydrogens is 358 g/mol. The van der Waals surface area contributed by atoms with Gasteiger partial charge < -0.3 is 24.3 Å². The van der Waals surface area contributed by atoms with Crippen molar-refractivity contribution in [2.75, 3.05) is 28.4 Å². The van der Waals surface area contributed by atoms with Crippen LogP contribution >= 0.6 is 0 Å². The van der Waals surface area contributed by atoms with Crippen molar-refractivity contribution in [3.63, 3.8) is 0 Å². The lowest BCUT2D eigenvalue weighted by atomic mass is 9.87. The first-order valence-electron chi connectivity index (χ1n) is 9.15. The summed E-state index contributed by atoms with van der Waals surface area (Å²) in [5.74, 6) is 2.30. The number of hydrogen-bond acceptors (Lipinski definition) is 5. The van der Waals surface area contributed by atoms with Gasteiger partial charge in [0.05, 0.1) is 34.4 Å². The predicted octanol–water partition coefficient (Wildman–Crippen LogP) is 3.78. The molecular formula is C22H29NO5. The van der Waals surface area contributed by atoms with Crippen molar-refractivity contribution < 1.29 is 23.7 Å². The average molecular weight is 387 g/mol. The molecule has 0 aliphatic rings. The summed E-state index contributed by atoms with van der Waals surface area (Å²) in [6.07, 6.45) is 0. The van der Waals surface area contributed by atoms with Crippen LogP contribution in [0.5, 0.6) is 23.0 Å². The number of methoxy groups -OCH3 is 4. The van der Waals surface area contributed by atoms with Crippen LogP contribution in [0.2, 0.25) is 0 Å². The van der Waals surface area contributed by atoms with Gasteiger partial charge in [-0.2, -0.15) is 0 Å². The number of hydrogen-bond donors (Lipinski definition) is 1. The van der Waals surface area contributed by atoms with Crippen LogP contribution < -0.4 is 24.3 Å². The lowest BCUT2D eigenvalue weighted by Gasteiger charge is -2.22. The van der Waals surface area contributed by atoms with E-state index < -0.39 is 0 Å². The minimum Gasteiger partial charge on any atom is -0.493 e. The van der Waals surface area contributed by atoms with Crippen LogP contribution in [0.25, 0.3) is 0 Å². The largest absolute Gasteiger partial charge is 0.493 e. The Hall–Kier alpha value is -2.89. The fourth-order valence-electron chi connectivity index (χ4n) is 3.18. The van der Waals surface area contributed by atoms with E-state index in [2.05, 4.69) is 5.32 Å². The fraction of sp³-hybridized carbons (Fsp3) is 0.409. The Morgan fingerprint density at radius 2 is 1.36 bits per heavy atom. The molecule has 1 atom stereocenters. The normalized spacial score (nSPS) is 11.7. The van der Waals surface area contributed by atoms with Crippen molar-refractivity contribution >= 4 is 5.91 Å². The molecule has 2 rings (SSSR count). The van der Waals surface area contributed by atoms with Crippen molar-refractivity contribution in [1.29, 1.82) is 0 Å². The zero-order valence-corrected chi connectivity index (χ0v) is 17.4. The van der Waals surface area contributed by atoms with E-state index in [4.69, 9.17) is 18.9 Å². The molecule has 2 aromatic rings. The third kappa shape index (κ3) is 4.88. The van der Waals surface area contributed by atoms with Crippen molar-refractivity contribution in [2.24, 2.45) is 5.92 Å². The van der Waals surface area contributed by atoms with Crippen LogP contribution in [0.4, 0.5) is 0 Å². The van der Waals surface area contributed by atoms with E-state index in [1.165, 1.54) is 0 Å². The van der Waals surface area contributed by atoms with E-state index in [1.54, 1.807) is 28.4 Å². The highest BCUT2D eigenvalue weighted by Gasteiger charge is 2.25. The van der Waals surface area contributed by atoms with Gasteiger partial charge >= 0.3 is 0 Å². The minimum atomic E-state index is -0.306. The van der Waals surface area contributed by atoms with Crippen LogP contribution in [0.15, 0.2) is 36.4 Å². The van der Waals surface area contributed by atoms with Crippen LogP contribution in [-0.4, -0.2) is 34.3 Å². The molecule has 0 bridgehead atoms. The molecule has 0 aromatic heterocycles. The number of carbonyl (C=O) groups is 1. The first kappa shape index (κ1) is 21.4. The van der Waals surface area contributed by atoms with Crippen LogP contribution in [0, 0.1) is 5.92 Å². The smallest absolute Gasteiger partial charge is 0.228 e. The molecule has 28 heavy (non-hydrogen) atoms. The van der Waals surface area contributed by atoms with Crippen LogP contribution in [0.3, 0.4) is 0 Å². The Bertz CT molecular complexity index is 804. The SMILES string of the molecule is COc1ccc(CNC(=O)C(c2ccc(OC)c(OC)c2)C(C)C)cc1OC. The number of ether oxygens (including phenoxy) is 4. The molecule has 1 amide bonds. The molecule has 1 N–H and O–H groups in total. The van der Waals surface area contributed by atoms with Crippen molar-refractivity contribution in [3.8, 4) is 23.0 Å². The maximum atomic E-state index is 13.0. The second-order valence-electron chi connectivity index (χ2n) is 6.74. The highest BCUT2D eigenvalue weighted by molar-refractivity contribution is 5.84. The zero-order valence-electron chi connectivity index (χ0n) is 17.4. The Balaban J connectivity index is 2.18. The lowest BCUT2D eigenvalue weighted by molar-refractivity contribution is -0.123. The summed E-state index contributed by atoms with van der Waals surface area (Å²) in [7, 11) is 6.36. The van der Waals surface area contributed by atoms with Crippen molar-refractivity contribution in [1.82, 2.24) is 5.32 Å². The molecule has 0 saturated carbocycles. The predicted molar refractivity (Wildman–Crippen MR) is 109 cm³/mol. The van der Waals surface area contributed by atoms with E-state index in [0.717, 1.165) is 11.1 Å². The molecule has 0 aliphatic carbocycles. The fourth-order valence-corrected chi connectivity index (χ4v) is 3.18. The lowest BCUT2D eigenvalue weighted by Crippen LogP contribution is -2.31. The molecule has 0 aliphatic heterocycles. The zero-order chi connectivity index (χ0) is 20.7. The second kappa shape index (κ2) is 9.88. The van der Waals surface area contributed by atoms with Gasteiger partial charge in [0.25, 0.3) is 0 Å². The topological polar surface area (TPSA) is 66.0 Å². The molecule has 0 spiro atoms. The summed E-state index contributed by atoms with van der Waals surface area (Å²) in [6.45, 7) is 4.45. The third-order valence-electron chi connectivity index (χ3n) is 4.63. The Morgan fingerprint density at radius 3 is 1.89 bits per heavy atom. The van der Waals surface area contributed by atoms with E-state index in [0.29, 0.717) is 29.5 Å². The quantitative estimate of drug-likeness (QED) is 0.709. The Morgan fingerprint density at radius 1 is 0.821 bits per heavy atom. The van der Waals surface area contributed by atoms with Gasteiger partial charge in [0, 0.05) is 6.54 Å². The van der Waals surface area contributed by atoms with E-state index >= 15 is 0 Å². The van der Waals surface area contributed by atoms with Gasteiger partial charge in [-0.3, -0.25) is 4.79 Å². The van der Waals surface area contributed by atoms with Crippen molar-refractivity contribution in [2.45, 2.75) is 26.3 Å². The summed E-state index contributed by atoms with van der Waals surface area (Å²) in [5, 5.41) is 3.03. The van der Waals surface area contributed by atoms with Gasteiger partial charge in [-0.05, 0) is 41.3 Å². The standard InChI is InChI=1S/C22H29NO5/c1-14(2)21(16-8-10-18(26-4)20(12-16)28-6)22(24)23-13-15-7-9-17(25-3)19(11-15)27-5/h7-12,14,21H,13H2,1-6H3,(H,23,24). The van der Waals surface area contributed by atoms with Crippen LogP contribution in [-0.2, 0) is 11.3 Å². The van der Waals surface area contributed by atoms with E-state index in [-0.39, 0.29) is 17.7 Å². The van der Waals surface area contributed by atoms with Gasteiger partial charge in [0.1, 0.15) is 0 Å². The average Bonchev–Trinajstić information content (AvgIpc) is 2.71. The summed E-state index contributed by atoms with van der Waals surface area (Å²) < 4.78 is 21.2. The maximum Gasteiger partial charge on any atom is 0.228 e. The highest BCUT2D eigenvalue weighted by atomic mass is 16.5. The molecule has 0 saturated heterocycles. The molecule has 2 aromatic carbocycles. The van der Waals surface area contributed by atoms with E-state index in [9.17, 15) is 4.79 Å².